The summed E-state index contributed by atoms with van der Waals surface area (Å²) in [5.41, 5.74) is 11.6. The zero-order valence-electron chi connectivity index (χ0n) is 17.6. The van der Waals surface area contributed by atoms with Gasteiger partial charge >= 0.3 is 0 Å². The highest BCUT2D eigenvalue weighted by Crippen LogP contribution is 2.29. The number of amides is 1. The fourth-order valence-corrected chi connectivity index (χ4v) is 3.89. The predicted octanol–water partition coefficient (Wildman–Crippen LogP) is 3.47. The molecule has 0 fully saturated rings. The Labute approximate surface area is 207 Å². The number of benzene rings is 2. The van der Waals surface area contributed by atoms with Gasteiger partial charge in [0.1, 0.15) is 16.7 Å². The number of fused-ring (bicyclic) bond motifs is 1. The number of nitrogen functional groups attached to an aromatic ring is 1. The summed E-state index contributed by atoms with van der Waals surface area (Å²) in [4.78, 5) is 38.2. The van der Waals surface area contributed by atoms with Crippen molar-refractivity contribution < 1.29 is 4.79 Å². The zero-order chi connectivity index (χ0) is 24.6. The van der Waals surface area contributed by atoms with Crippen molar-refractivity contribution in [3.63, 3.8) is 0 Å². The largest absolute Gasteiger partial charge is 0.382 e. The lowest BCUT2D eigenvalue weighted by atomic mass is 10.1. The second-order valence-electron chi connectivity index (χ2n) is 7.03. The van der Waals surface area contributed by atoms with Gasteiger partial charge in [0.15, 0.2) is 5.82 Å². The molecule has 0 bridgehead atoms. The third-order valence-electron chi connectivity index (χ3n) is 4.90. The molecule has 0 spiro atoms. The van der Waals surface area contributed by atoms with Crippen molar-refractivity contribution in [2.45, 2.75) is 6.54 Å². The average molecular weight is 520 g/mol. The number of rotatable bonds is 6. The Bertz CT molecular complexity index is 1510. The van der Waals surface area contributed by atoms with E-state index in [1.165, 1.54) is 22.8 Å². The van der Waals surface area contributed by atoms with E-state index in [2.05, 4.69) is 25.6 Å². The number of carbonyl (C=O) groups is 1. The number of nitrogens with two attached hydrogens (primary N) is 2. The molecule has 0 atom stereocenters. The van der Waals surface area contributed by atoms with E-state index in [4.69, 9.17) is 46.3 Å². The molecular weight excluding hydrogens is 503 g/mol. The SMILES string of the molecule is CNc1nc(N)c(Cl)c(NCc2nc3c(Cl)ccc(Cl)c3c(=O)n2-c2cccc(C(N)=O)c2)n1. The van der Waals surface area contributed by atoms with E-state index in [1.807, 2.05) is 0 Å². The van der Waals surface area contributed by atoms with Crippen molar-refractivity contribution in [2.75, 3.05) is 23.4 Å². The van der Waals surface area contributed by atoms with Gasteiger partial charge in [-0.3, -0.25) is 14.2 Å². The minimum Gasteiger partial charge on any atom is -0.382 e. The predicted molar refractivity (Wildman–Crippen MR) is 134 cm³/mol. The van der Waals surface area contributed by atoms with Crippen molar-refractivity contribution in [3.8, 4) is 5.69 Å². The molecule has 0 saturated carbocycles. The second-order valence-corrected chi connectivity index (χ2v) is 8.23. The summed E-state index contributed by atoms with van der Waals surface area (Å²) in [5, 5.41) is 6.47. The lowest BCUT2D eigenvalue weighted by Gasteiger charge is -2.17. The summed E-state index contributed by atoms with van der Waals surface area (Å²) >= 11 is 18.9. The fourth-order valence-electron chi connectivity index (χ4n) is 3.30. The smallest absolute Gasteiger partial charge is 0.267 e. The normalized spacial score (nSPS) is 10.9. The summed E-state index contributed by atoms with van der Waals surface area (Å²) in [6.45, 7) is -0.0197. The van der Waals surface area contributed by atoms with Gasteiger partial charge in [0, 0.05) is 12.6 Å². The van der Waals surface area contributed by atoms with E-state index in [0.29, 0.717) is 5.69 Å². The molecule has 0 unspecified atom stereocenters. The maximum Gasteiger partial charge on any atom is 0.267 e. The molecule has 174 valence electrons. The molecule has 13 heteroatoms. The molecular formula is C21H17Cl3N8O2. The second kappa shape index (κ2) is 9.34. The number of hydrogen-bond acceptors (Lipinski definition) is 8. The van der Waals surface area contributed by atoms with Crippen LogP contribution in [0.4, 0.5) is 17.6 Å². The van der Waals surface area contributed by atoms with E-state index in [9.17, 15) is 9.59 Å². The summed E-state index contributed by atoms with van der Waals surface area (Å²) in [5.74, 6) is 0.130. The van der Waals surface area contributed by atoms with Crippen LogP contribution in [-0.2, 0) is 6.54 Å². The number of carbonyl (C=O) groups excluding carboxylic acids is 1. The van der Waals surface area contributed by atoms with Crippen LogP contribution in [0.1, 0.15) is 16.2 Å². The first-order valence-corrected chi connectivity index (χ1v) is 10.9. The van der Waals surface area contributed by atoms with Crippen LogP contribution in [0.2, 0.25) is 15.1 Å². The van der Waals surface area contributed by atoms with E-state index in [-0.39, 0.29) is 61.5 Å². The number of nitrogens with one attached hydrogen (secondary N) is 2. The molecule has 1 amide bonds. The zero-order valence-corrected chi connectivity index (χ0v) is 19.8. The monoisotopic (exact) mass is 518 g/mol. The Balaban J connectivity index is 1.92. The number of aromatic nitrogens is 4. The highest BCUT2D eigenvalue weighted by molar-refractivity contribution is 6.39. The van der Waals surface area contributed by atoms with E-state index < -0.39 is 11.5 Å². The van der Waals surface area contributed by atoms with Crippen molar-refractivity contribution in [2.24, 2.45) is 5.73 Å². The Hall–Kier alpha value is -3.60. The molecule has 0 aliphatic carbocycles. The maximum absolute atomic E-state index is 13.6. The Morgan fingerprint density at radius 3 is 2.53 bits per heavy atom. The Kier molecular flexibility index (Phi) is 6.47. The van der Waals surface area contributed by atoms with Gasteiger partial charge in [-0.2, -0.15) is 9.97 Å². The summed E-state index contributed by atoms with van der Waals surface area (Å²) < 4.78 is 1.31. The third-order valence-corrected chi connectivity index (χ3v) is 5.89. The van der Waals surface area contributed by atoms with Crippen LogP contribution in [0.25, 0.3) is 16.6 Å². The van der Waals surface area contributed by atoms with Crippen LogP contribution < -0.4 is 27.7 Å². The van der Waals surface area contributed by atoms with Crippen LogP contribution in [0.15, 0.2) is 41.2 Å². The first kappa shape index (κ1) is 23.6. The van der Waals surface area contributed by atoms with Gasteiger partial charge in [-0.05, 0) is 30.3 Å². The fraction of sp³-hybridized carbons (Fsp3) is 0.0952. The van der Waals surface area contributed by atoms with E-state index >= 15 is 0 Å². The molecule has 4 aromatic rings. The third kappa shape index (κ3) is 4.30. The molecule has 2 aromatic heterocycles. The Morgan fingerprint density at radius 1 is 1.09 bits per heavy atom. The molecule has 4 rings (SSSR count). The first-order valence-electron chi connectivity index (χ1n) is 9.75. The minimum absolute atomic E-state index is 0.0197. The van der Waals surface area contributed by atoms with Gasteiger partial charge in [-0.1, -0.05) is 40.9 Å². The maximum atomic E-state index is 13.6. The molecule has 10 nitrogen and oxygen atoms in total. The van der Waals surface area contributed by atoms with Gasteiger partial charge in [0.05, 0.1) is 33.2 Å². The molecule has 2 aromatic carbocycles. The lowest BCUT2D eigenvalue weighted by Crippen LogP contribution is -2.26. The summed E-state index contributed by atoms with van der Waals surface area (Å²) in [6.07, 6.45) is 0. The van der Waals surface area contributed by atoms with E-state index in [0.717, 1.165) is 0 Å². The minimum atomic E-state index is -0.646. The number of primary amides is 1. The van der Waals surface area contributed by atoms with Crippen molar-refractivity contribution in [1.29, 1.82) is 0 Å². The van der Waals surface area contributed by atoms with Crippen molar-refractivity contribution in [1.82, 2.24) is 19.5 Å². The van der Waals surface area contributed by atoms with Gasteiger partial charge in [-0.25, -0.2) is 4.98 Å². The molecule has 0 radical (unpaired) electrons. The van der Waals surface area contributed by atoms with Gasteiger partial charge < -0.3 is 22.1 Å². The molecule has 34 heavy (non-hydrogen) atoms. The quantitative estimate of drug-likeness (QED) is 0.302. The van der Waals surface area contributed by atoms with Gasteiger partial charge in [0.2, 0.25) is 11.9 Å². The Morgan fingerprint density at radius 2 is 1.82 bits per heavy atom. The van der Waals surface area contributed by atoms with Crippen LogP contribution in [-0.4, -0.2) is 32.5 Å². The molecule has 2 heterocycles. The van der Waals surface area contributed by atoms with Crippen molar-refractivity contribution in [3.05, 3.63) is 73.2 Å². The van der Waals surface area contributed by atoms with Crippen LogP contribution in [0.5, 0.6) is 0 Å². The van der Waals surface area contributed by atoms with Gasteiger partial charge in [0.25, 0.3) is 5.56 Å². The summed E-state index contributed by atoms with van der Waals surface area (Å²) in [7, 11) is 1.63. The van der Waals surface area contributed by atoms with Crippen LogP contribution in [0, 0.1) is 0 Å². The topological polar surface area (TPSA) is 154 Å². The molecule has 0 aliphatic heterocycles. The number of halogens is 3. The van der Waals surface area contributed by atoms with Crippen LogP contribution >= 0.6 is 34.8 Å². The van der Waals surface area contributed by atoms with Crippen LogP contribution in [0.3, 0.4) is 0 Å². The molecule has 6 N–H and O–H groups in total. The van der Waals surface area contributed by atoms with E-state index in [1.54, 1.807) is 25.2 Å². The first-order chi connectivity index (χ1) is 16.2. The molecule has 0 saturated heterocycles. The number of hydrogen-bond donors (Lipinski definition) is 4. The summed E-state index contributed by atoms with van der Waals surface area (Å²) in [6, 6.07) is 9.32. The number of nitrogens with zero attached hydrogens (tertiary/aromatic N) is 4. The highest BCUT2D eigenvalue weighted by Gasteiger charge is 2.19. The average Bonchev–Trinajstić information content (AvgIpc) is 2.82. The van der Waals surface area contributed by atoms with Crippen molar-refractivity contribution >= 4 is 69.2 Å². The highest BCUT2D eigenvalue weighted by atomic mass is 35.5. The standard InChI is InChI=1S/C21H17Cl3N8O2/c1-27-21-30-17(25)15(24)19(31-21)28-8-13-29-16-12(23)6-5-11(22)14(16)20(34)32(13)10-4-2-3-9(7-10)18(26)33/h2-7H,8H2,1H3,(H2,26,33)(H4,25,27,28,30,31). The molecule has 0 aliphatic rings. The van der Waals surface area contributed by atoms with Gasteiger partial charge in [-0.15, -0.1) is 0 Å². The number of anilines is 3. The lowest BCUT2D eigenvalue weighted by molar-refractivity contribution is 0.1000.